The third-order valence-corrected chi connectivity index (χ3v) is 1.86. The molecule has 0 aliphatic heterocycles. The SMILES string of the molecule is Nc1ccc(-c2n[nH]c(=S)o2)c(O)c1. The standard InChI is InChI=1S/C8H7N3O2S/c9-4-1-2-5(6(12)3-4)7-10-11-8(14)13-7/h1-3,12H,9H2,(H,11,14). The Morgan fingerprint density at radius 2 is 2.29 bits per heavy atom. The fourth-order valence-electron chi connectivity index (χ4n) is 1.07. The van der Waals surface area contributed by atoms with E-state index in [0.717, 1.165) is 0 Å². The van der Waals surface area contributed by atoms with E-state index >= 15 is 0 Å². The summed E-state index contributed by atoms with van der Waals surface area (Å²) in [5, 5.41) is 15.8. The van der Waals surface area contributed by atoms with Crippen molar-refractivity contribution in [3.8, 4) is 17.2 Å². The van der Waals surface area contributed by atoms with E-state index in [9.17, 15) is 5.11 Å². The van der Waals surface area contributed by atoms with Gasteiger partial charge < -0.3 is 15.3 Å². The van der Waals surface area contributed by atoms with Crippen LogP contribution >= 0.6 is 12.2 Å². The molecule has 0 unspecified atom stereocenters. The van der Waals surface area contributed by atoms with Gasteiger partial charge in [0.15, 0.2) is 0 Å². The van der Waals surface area contributed by atoms with Gasteiger partial charge >= 0.3 is 0 Å². The molecule has 4 N–H and O–H groups in total. The predicted molar refractivity (Wildman–Crippen MR) is 53.2 cm³/mol. The molecule has 6 heteroatoms. The van der Waals surface area contributed by atoms with Gasteiger partial charge in [-0.1, -0.05) is 0 Å². The minimum Gasteiger partial charge on any atom is -0.507 e. The molecule has 14 heavy (non-hydrogen) atoms. The highest BCUT2D eigenvalue weighted by Crippen LogP contribution is 2.28. The first-order valence-corrected chi connectivity index (χ1v) is 4.22. The van der Waals surface area contributed by atoms with Crippen molar-refractivity contribution in [3.63, 3.8) is 0 Å². The third kappa shape index (κ3) is 1.47. The summed E-state index contributed by atoms with van der Waals surface area (Å²) in [7, 11) is 0. The van der Waals surface area contributed by atoms with Gasteiger partial charge in [-0.15, -0.1) is 5.10 Å². The first-order valence-electron chi connectivity index (χ1n) is 3.81. The molecule has 0 bridgehead atoms. The van der Waals surface area contributed by atoms with Crippen LogP contribution in [0.4, 0.5) is 5.69 Å². The smallest absolute Gasteiger partial charge is 0.284 e. The van der Waals surface area contributed by atoms with Crippen LogP contribution in [-0.2, 0) is 0 Å². The number of hydrogen-bond donors (Lipinski definition) is 3. The van der Waals surface area contributed by atoms with E-state index in [4.69, 9.17) is 22.4 Å². The zero-order chi connectivity index (χ0) is 10.1. The monoisotopic (exact) mass is 209 g/mol. The Morgan fingerprint density at radius 3 is 2.86 bits per heavy atom. The quantitative estimate of drug-likeness (QED) is 0.491. The molecule has 2 rings (SSSR count). The van der Waals surface area contributed by atoms with Gasteiger partial charge in [-0.3, -0.25) is 0 Å². The van der Waals surface area contributed by atoms with Crippen LogP contribution in [-0.4, -0.2) is 15.3 Å². The molecule has 0 fully saturated rings. The van der Waals surface area contributed by atoms with Gasteiger partial charge in [0.05, 0.1) is 5.56 Å². The summed E-state index contributed by atoms with van der Waals surface area (Å²) in [6.07, 6.45) is 0. The maximum Gasteiger partial charge on any atom is 0.284 e. The van der Waals surface area contributed by atoms with E-state index in [-0.39, 0.29) is 16.5 Å². The number of anilines is 1. The molecule has 0 radical (unpaired) electrons. The van der Waals surface area contributed by atoms with Gasteiger partial charge in [0, 0.05) is 11.8 Å². The van der Waals surface area contributed by atoms with E-state index in [1.807, 2.05) is 0 Å². The number of aromatic nitrogens is 2. The van der Waals surface area contributed by atoms with Crippen molar-refractivity contribution in [2.24, 2.45) is 0 Å². The summed E-state index contributed by atoms with van der Waals surface area (Å²) in [6.45, 7) is 0. The van der Waals surface area contributed by atoms with Gasteiger partial charge in [0.2, 0.25) is 5.89 Å². The third-order valence-electron chi connectivity index (χ3n) is 1.69. The average molecular weight is 209 g/mol. The zero-order valence-electron chi connectivity index (χ0n) is 7.02. The highest BCUT2D eigenvalue weighted by atomic mass is 32.1. The molecule has 0 atom stereocenters. The molecule has 2 aromatic rings. The summed E-state index contributed by atoms with van der Waals surface area (Å²) in [5.41, 5.74) is 6.39. The molecule has 5 nitrogen and oxygen atoms in total. The van der Waals surface area contributed by atoms with Gasteiger partial charge in [0.25, 0.3) is 4.84 Å². The molecular weight excluding hydrogens is 202 g/mol. The van der Waals surface area contributed by atoms with E-state index < -0.39 is 0 Å². The van der Waals surface area contributed by atoms with Crippen LogP contribution < -0.4 is 5.73 Å². The van der Waals surface area contributed by atoms with Crippen molar-refractivity contribution in [1.29, 1.82) is 0 Å². The summed E-state index contributed by atoms with van der Waals surface area (Å²) in [6, 6.07) is 4.67. The van der Waals surface area contributed by atoms with Crippen molar-refractivity contribution >= 4 is 17.9 Å². The van der Waals surface area contributed by atoms with Gasteiger partial charge in [-0.05, 0) is 24.4 Å². The van der Waals surface area contributed by atoms with E-state index in [1.54, 1.807) is 12.1 Å². The van der Waals surface area contributed by atoms with E-state index in [2.05, 4.69) is 10.2 Å². The second-order valence-electron chi connectivity index (χ2n) is 2.69. The number of benzene rings is 1. The number of H-pyrrole nitrogens is 1. The molecule has 0 spiro atoms. The molecule has 72 valence electrons. The van der Waals surface area contributed by atoms with Crippen LogP contribution in [0, 0.1) is 4.84 Å². The van der Waals surface area contributed by atoms with E-state index in [0.29, 0.717) is 11.3 Å². The van der Waals surface area contributed by atoms with Crippen LogP contribution in [0.25, 0.3) is 11.5 Å². The Labute approximate surface area is 84.2 Å². The predicted octanol–water partition coefficient (Wildman–Crippen LogP) is 1.69. The van der Waals surface area contributed by atoms with Crippen molar-refractivity contribution in [2.45, 2.75) is 0 Å². The van der Waals surface area contributed by atoms with Crippen LogP contribution in [0.1, 0.15) is 0 Å². The average Bonchev–Trinajstić information content (AvgIpc) is 2.51. The van der Waals surface area contributed by atoms with Crippen molar-refractivity contribution in [1.82, 2.24) is 10.2 Å². The number of nitrogens with two attached hydrogens (primary N) is 1. The highest BCUT2D eigenvalue weighted by molar-refractivity contribution is 7.71. The first kappa shape index (κ1) is 8.76. The normalized spacial score (nSPS) is 10.3. The highest BCUT2D eigenvalue weighted by Gasteiger charge is 2.09. The topological polar surface area (TPSA) is 88.1 Å². The lowest BCUT2D eigenvalue weighted by Gasteiger charge is -1.99. The van der Waals surface area contributed by atoms with Gasteiger partial charge in [-0.2, -0.15) is 0 Å². The number of hydrogen-bond acceptors (Lipinski definition) is 5. The largest absolute Gasteiger partial charge is 0.507 e. The lowest BCUT2D eigenvalue weighted by atomic mass is 10.2. The second kappa shape index (κ2) is 3.15. The molecule has 1 heterocycles. The number of nitrogen functional groups attached to an aromatic ring is 1. The van der Waals surface area contributed by atoms with Crippen LogP contribution in [0.15, 0.2) is 22.6 Å². The summed E-state index contributed by atoms with van der Waals surface area (Å²) in [5.74, 6) is 0.253. The lowest BCUT2D eigenvalue weighted by Crippen LogP contribution is -1.85. The molecular formula is C8H7N3O2S. The van der Waals surface area contributed by atoms with Crippen LogP contribution in [0.5, 0.6) is 5.75 Å². The Bertz CT molecular complexity index is 517. The van der Waals surface area contributed by atoms with Crippen molar-refractivity contribution in [2.75, 3.05) is 5.73 Å². The molecule has 0 aliphatic carbocycles. The Hall–Kier alpha value is -1.82. The van der Waals surface area contributed by atoms with Crippen LogP contribution in [0.2, 0.25) is 0 Å². The minimum atomic E-state index is 0.00949. The zero-order valence-corrected chi connectivity index (χ0v) is 7.84. The number of nitrogens with zero attached hydrogens (tertiary/aromatic N) is 1. The number of aromatic amines is 1. The maximum absolute atomic E-state index is 9.53. The Morgan fingerprint density at radius 1 is 1.50 bits per heavy atom. The Balaban J connectivity index is 2.57. The molecule has 0 saturated heterocycles. The van der Waals surface area contributed by atoms with Gasteiger partial charge in [-0.25, -0.2) is 5.10 Å². The summed E-state index contributed by atoms with van der Waals surface area (Å²) < 4.78 is 5.04. The van der Waals surface area contributed by atoms with Crippen LogP contribution in [0.3, 0.4) is 0 Å². The fraction of sp³-hybridized carbons (Fsp3) is 0. The number of nitrogens with one attached hydrogen (secondary N) is 1. The lowest BCUT2D eigenvalue weighted by molar-refractivity contribution is 0.472. The number of phenols is 1. The maximum atomic E-state index is 9.53. The Kier molecular flexibility index (Phi) is 1.97. The number of phenolic OH excluding ortho intramolecular Hbond substituents is 1. The molecule has 0 saturated carbocycles. The van der Waals surface area contributed by atoms with Gasteiger partial charge in [0.1, 0.15) is 5.75 Å². The second-order valence-corrected chi connectivity index (χ2v) is 3.07. The van der Waals surface area contributed by atoms with Crippen molar-refractivity contribution < 1.29 is 9.52 Å². The summed E-state index contributed by atoms with van der Waals surface area (Å²) >= 11 is 4.71. The first-order chi connectivity index (χ1) is 6.66. The van der Waals surface area contributed by atoms with E-state index in [1.165, 1.54) is 6.07 Å². The van der Waals surface area contributed by atoms with Crippen molar-refractivity contribution in [3.05, 3.63) is 23.0 Å². The molecule has 1 aromatic carbocycles. The molecule has 0 amide bonds. The number of rotatable bonds is 1. The fourth-order valence-corrected chi connectivity index (χ4v) is 1.20. The number of aromatic hydroxyl groups is 1. The molecule has 1 aromatic heterocycles. The summed E-state index contributed by atoms with van der Waals surface area (Å²) in [4.78, 5) is 0.163. The molecule has 0 aliphatic rings. The minimum absolute atomic E-state index is 0.00949.